The summed E-state index contributed by atoms with van der Waals surface area (Å²) in [5.41, 5.74) is 6.00. The fourth-order valence-electron chi connectivity index (χ4n) is 1.93. The van der Waals surface area contributed by atoms with Gasteiger partial charge in [-0.3, -0.25) is 14.4 Å². The van der Waals surface area contributed by atoms with Gasteiger partial charge >= 0.3 is 5.97 Å². The van der Waals surface area contributed by atoms with E-state index in [0.717, 1.165) is 19.3 Å². The largest absolute Gasteiger partial charge is 0.452 e. The summed E-state index contributed by atoms with van der Waals surface area (Å²) in [4.78, 5) is 34.5. The van der Waals surface area contributed by atoms with Crippen molar-refractivity contribution in [3.05, 3.63) is 29.8 Å². The van der Waals surface area contributed by atoms with Gasteiger partial charge in [0.15, 0.2) is 6.10 Å². The second-order valence-corrected chi connectivity index (χ2v) is 5.14. The van der Waals surface area contributed by atoms with Crippen LogP contribution in [0.25, 0.3) is 0 Å². The summed E-state index contributed by atoms with van der Waals surface area (Å²) in [6.07, 6.45) is 1.85. The zero-order valence-corrected chi connectivity index (χ0v) is 11.8. The molecule has 0 aromatic heterocycles. The van der Waals surface area contributed by atoms with Gasteiger partial charge < -0.3 is 15.8 Å². The number of ether oxygens (including phenoxy) is 1. The van der Waals surface area contributed by atoms with E-state index in [1.807, 2.05) is 0 Å². The third-order valence-corrected chi connectivity index (χ3v) is 3.54. The van der Waals surface area contributed by atoms with Gasteiger partial charge in [-0.1, -0.05) is 6.42 Å². The SMILES string of the molecule is C[C@H](OC(=O)C1CCC1)C(=O)Nc1ccc(C(N)=O)cc1. The van der Waals surface area contributed by atoms with Gasteiger partial charge in [-0.15, -0.1) is 0 Å². The van der Waals surface area contributed by atoms with Gasteiger partial charge in [0, 0.05) is 11.3 Å². The minimum Gasteiger partial charge on any atom is -0.452 e. The molecule has 0 bridgehead atoms. The number of benzene rings is 1. The minimum absolute atomic E-state index is 0.0601. The number of carbonyl (C=O) groups excluding carboxylic acids is 3. The van der Waals surface area contributed by atoms with Gasteiger partial charge in [0.05, 0.1) is 5.92 Å². The van der Waals surface area contributed by atoms with Crippen LogP contribution >= 0.6 is 0 Å². The Balaban J connectivity index is 1.87. The maximum atomic E-state index is 11.9. The van der Waals surface area contributed by atoms with E-state index < -0.39 is 17.9 Å². The van der Waals surface area contributed by atoms with Crippen LogP contribution in [0.1, 0.15) is 36.5 Å². The Hall–Kier alpha value is -2.37. The predicted molar refractivity (Wildman–Crippen MR) is 76.5 cm³/mol. The molecule has 3 N–H and O–H groups in total. The van der Waals surface area contributed by atoms with E-state index in [9.17, 15) is 14.4 Å². The number of nitrogens with two attached hydrogens (primary N) is 1. The Morgan fingerprint density at radius 2 is 1.86 bits per heavy atom. The van der Waals surface area contributed by atoms with Crippen molar-refractivity contribution in [1.82, 2.24) is 0 Å². The molecule has 112 valence electrons. The highest BCUT2D eigenvalue weighted by atomic mass is 16.5. The summed E-state index contributed by atoms with van der Waals surface area (Å²) < 4.78 is 5.13. The first-order valence-electron chi connectivity index (χ1n) is 6.88. The number of primary amides is 1. The average molecular weight is 290 g/mol. The van der Waals surface area contributed by atoms with Crippen molar-refractivity contribution in [3.8, 4) is 0 Å². The number of rotatable bonds is 5. The van der Waals surface area contributed by atoms with Gasteiger partial charge in [-0.2, -0.15) is 0 Å². The van der Waals surface area contributed by atoms with Crippen LogP contribution in [0, 0.1) is 5.92 Å². The number of anilines is 1. The Kier molecular flexibility index (Phi) is 4.57. The highest BCUT2D eigenvalue weighted by Gasteiger charge is 2.29. The van der Waals surface area contributed by atoms with E-state index in [-0.39, 0.29) is 11.9 Å². The van der Waals surface area contributed by atoms with Crippen LogP contribution in [0.2, 0.25) is 0 Å². The minimum atomic E-state index is -0.853. The molecule has 0 radical (unpaired) electrons. The van der Waals surface area contributed by atoms with Gasteiger partial charge in [-0.25, -0.2) is 0 Å². The predicted octanol–water partition coefficient (Wildman–Crippen LogP) is 1.46. The molecule has 6 heteroatoms. The first kappa shape index (κ1) is 15.0. The van der Waals surface area contributed by atoms with Crippen molar-refractivity contribution < 1.29 is 19.1 Å². The third-order valence-electron chi connectivity index (χ3n) is 3.54. The molecule has 0 unspecified atom stereocenters. The van der Waals surface area contributed by atoms with Crippen molar-refractivity contribution >= 4 is 23.5 Å². The molecule has 6 nitrogen and oxygen atoms in total. The highest BCUT2D eigenvalue weighted by Crippen LogP contribution is 2.27. The number of hydrogen-bond acceptors (Lipinski definition) is 4. The summed E-state index contributed by atoms with van der Waals surface area (Å²) in [5.74, 6) is -1.31. The summed E-state index contributed by atoms with van der Waals surface area (Å²) in [7, 11) is 0. The highest BCUT2D eigenvalue weighted by molar-refractivity contribution is 5.96. The van der Waals surface area contributed by atoms with E-state index in [2.05, 4.69) is 5.32 Å². The van der Waals surface area contributed by atoms with Gasteiger partial charge in [0.25, 0.3) is 5.91 Å². The van der Waals surface area contributed by atoms with Crippen molar-refractivity contribution in [2.75, 3.05) is 5.32 Å². The van der Waals surface area contributed by atoms with Crippen LogP contribution in [-0.4, -0.2) is 23.9 Å². The molecule has 1 aliphatic carbocycles. The number of carbonyl (C=O) groups is 3. The van der Waals surface area contributed by atoms with Gasteiger partial charge in [-0.05, 0) is 44.0 Å². The van der Waals surface area contributed by atoms with Crippen LogP contribution < -0.4 is 11.1 Å². The summed E-state index contributed by atoms with van der Waals surface area (Å²) in [6.45, 7) is 1.53. The van der Waals surface area contributed by atoms with E-state index in [1.165, 1.54) is 19.1 Å². The lowest BCUT2D eigenvalue weighted by molar-refractivity contribution is -0.159. The summed E-state index contributed by atoms with van der Waals surface area (Å²) in [6, 6.07) is 6.17. The third kappa shape index (κ3) is 3.81. The number of hydrogen-bond donors (Lipinski definition) is 2. The quantitative estimate of drug-likeness (QED) is 0.802. The van der Waals surface area contributed by atoms with Gasteiger partial charge in [0.2, 0.25) is 5.91 Å². The molecule has 1 aromatic carbocycles. The molecule has 2 amide bonds. The lowest BCUT2D eigenvalue weighted by Gasteiger charge is -2.24. The molecule has 2 rings (SSSR count). The maximum absolute atomic E-state index is 11.9. The average Bonchev–Trinajstić information content (AvgIpc) is 2.36. The Morgan fingerprint density at radius 3 is 2.33 bits per heavy atom. The Labute approximate surface area is 122 Å². The summed E-state index contributed by atoms with van der Waals surface area (Å²) in [5, 5.41) is 2.62. The van der Waals surface area contributed by atoms with Crippen LogP contribution in [0.3, 0.4) is 0 Å². The topological polar surface area (TPSA) is 98.5 Å². The lowest BCUT2D eigenvalue weighted by Crippen LogP contribution is -2.34. The first-order valence-corrected chi connectivity index (χ1v) is 6.88. The number of esters is 1. The summed E-state index contributed by atoms with van der Waals surface area (Å²) >= 11 is 0. The molecule has 0 heterocycles. The molecule has 0 aliphatic heterocycles. The smallest absolute Gasteiger partial charge is 0.309 e. The second-order valence-electron chi connectivity index (χ2n) is 5.14. The Morgan fingerprint density at radius 1 is 1.24 bits per heavy atom. The molecule has 0 spiro atoms. The molecule has 1 aliphatic rings. The fourth-order valence-corrected chi connectivity index (χ4v) is 1.93. The van der Waals surface area contributed by atoms with Gasteiger partial charge in [0.1, 0.15) is 0 Å². The van der Waals surface area contributed by atoms with Crippen molar-refractivity contribution in [2.45, 2.75) is 32.3 Å². The molecule has 0 saturated heterocycles. The molecule has 1 aromatic rings. The molecule has 21 heavy (non-hydrogen) atoms. The molecule has 1 fully saturated rings. The van der Waals surface area contributed by atoms with Crippen LogP contribution in [0.15, 0.2) is 24.3 Å². The van der Waals surface area contributed by atoms with Crippen LogP contribution in [0.4, 0.5) is 5.69 Å². The number of nitrogens with one attached hydrogen (secondary N) is 1. The molecular formula is C15H18N2O4. The van der Waals surface area contributed by atoms with Crippen molar-refractivity contribution in [1.29, 1.82) is 0 Å². The maximum Gasteiger partial charge on any atom is 0.309 e. The molecular weight excluding hydrogens is 272 g/mol. The van der Waals surface area contributed by atoms with E-state index in [1.54, 1.807) is 12.1 Å². The van der Waals surface area contributed by atoms with E-state index in [4.69, 9.17) is 10.5 Å². The molecule has 1 atom stereocenters. The first-order chi connectivity index (χ1) is 9.97. The monoisotopic (exact) mass is 290 g/mol. The van der Waals surface area contributed by atoms with E-state index >= 15 is 0 Å². The van der Waals surface area contributed by atoms with Crippen LogP contribution in [0.5, 0.6) is 0 Å². The zero-order valence-electron chi connectivity index (χ0n) is 11.8. The normalized spacial score (nSPS) is 15.7. The van der Waals surface area contributed by atoms with Crippen molar-refractivity contribution in [2.24, 2.45) is 11.7 Å². The fraction of sp³-hybridized carbons (Fsp3) is 0.400. The zero-order chi connectivity index (χ0) is 15.4. The standard InChI is InChI=1S/C15H18N2O4/c1-9(21-15(20)11-3-2-4-11)14(19)17-12-7-5-10(6-8-12)13(16)18/h5-9,11H,2-4H2,1H3,(H2,16,18)(H,17,19)/t9-/m0/s1. The van der Waals surface area contributed by atoms with Crippen LogP contribution in [-0.2, 0) is 14.3 Å². The van der Waals surface area contributed by atoms with E-state index in [0.29, 0.717) is 11.3 Å². The lowest BCUT2D eigenvalue weighted by atomic mass is 9.86. The van der Waals surface area contributed by atoms with Crippen molar-refractivity contribution in [3.63, 3.8) is 0 Å². The molecule has 1 saturated carbocycles. The Bertz CT molecular complexity index is 549. The second kappa shape index (κ2) is 6.39. The number of amides is 2.